The predicted molar refractivity (Wildman–Crippen MR) is 192 cm³/mol. The van der Waals surface area contributed by atoms with Crippen LogP contribution in [0.5, 0.6) is 0 Å². The third-order valence-corrected chi connectivity index (χ3v) is 15.5. The Morgan fingerprint density at radius 3 is 1.46 bits per heavy atom. The van der Waals surface area contributed by atoms with Crippen molar-refractivity contribution in [3.8, 4) is 0 Å². The van der Waals surface area contributed by atoms with Crippen LogP contribution in [0.15, 0.2) is 0 Å². The Kier molecular flexibility index (Phi) is 45.1. The molecule has 0 aromatic rings. The van der Waals surface area contributed by atoms with E-state index < -0.39 is 41.1 Å². The molecule has 1 rings (SSSR count). The molecular weight excluding hydrogens is 677 g/mol. The topological polar surface area (TPSA) is 186 Å². The van der Waals surface area contributed by atoms with Crippen molar-refractivity contribution < 1.29 is 69.1 Å². The minimum Gasteiger partial charge on any atom is -0.411 e. The van der Waals surface area contributed by atoms with Gasteiger partial charge in [-0.25, -0.2) is 0 Å². The monoisotopic (exact) mass is 752 g/mol. The summed E-state index contributed by atoms with van der Waals surface area (Å²) in [6, 6.07) is 1.05. The van der Waals surface area contributed by atoms with E-state index in [0.29, 0.717) is 32.3 Å². The van der Waals surface area contributed by atoms with Crippen molar-refractivity contribution in [2.24, 2.45) is 0 Å². The molecule has 1 aliphatic rings. The SMILES string of the molecule is C.C.C.C.C.CO[Si](C)(OC)OC.CO[Si](CCCOCC1CO1)(OC)OC.CO[Si](O)(CCCOCC(O)CO)O[Si](C)(C)O. The van der Waals surface area contributed by atoms with Crippen LogP contribution in [-0.4, -0.2) is 156 Å². The average Bonchev–Trinajstić information content (AvgIpc) is 3.79. The Labute approximate surface area is 287 Å². The normalized spacial score (nSPS) is 15.7. The van der Waals surface area contributed by atoms with E-state index in [9.17, 15) is 9.59 Å². The van der Waals surface area contributed by atoms with E-state index in [1.54, 1.807) is 55.8 Å². The van der Waals surface area contributed by atoms with Crippen molar-refractivity contribution in [3.05, 3.63) is 0 Å². The summed E-state index contributed by atoms with van der Waals surface area (Å²) in [6.07, 6.45) is 0.816. The lowest BCUT2D eigenvalue weighted by Crippen LogP contribution is -2.50. The molecule has 0 amide bonds. The van der Waals surface area contributed by atoms with Gasteiger partial charge in [-0.15, -0.1) is 0 Å². The summed E-state index contributed by atoms with van der Waals surface area (Å²) in [4.78, 5) is 19.6. The highest BCUT2D eigenvalue weighted by molar-refractivity contribution is 6.75. The van der Waals surface area contributed by atoms with Crippen molar-refractivity contribution in [2.75, 3.05) is 89.4 Å². The number of ether oxygens (including phenoxy) is 3. The third-order valence-electron chi connectivity index (χ3n) is 5.55. The van der Waals surface area contributed by atoms with Gasteiger partial charge in [0.15, 0.2) is 0 Å². The molecule has 19 heteroatoms. The summed E-state index contributed by atoms with van der Waals surface area (Å²) in [6.45, 7) is 7.18. The van der Waals surface area contributed by atoms with E-state index in [1.807, 2.05) is 6.55 Å². The lowest BCUT2D eigenvalue weighted by molar-refractivity contribution is 0.00577. The van der Waals surface area contributed by atoms with Crippen LogP contribution in [0.1, 0.15) is 50.0 Å². The second kappa shape index (κ2) is 33.7. The molecule has 0 bridgehead atoms. The molecule has 1 aliphatic heterocycles. The van der Waals surface area contributed by atoms with Gasteiger partial charge in [-0.1, -0.05) is 37.1 Å². The smallest absolute Gasteiger partial charge is 0.411 e. The lowest BCUT2D eigenvalue weighted by Gasteiger charge is -2.28. The molecule has 1 heterocycles. The maximum atomic E-state index is 10.0. The molecule has 0 radical (unpaired) electrons. The van der Waals surface area contributed by atoms with Gasteiger partial charge in [0, 0.05) is 81.6 Å². The summed E-state index contributed by atoms with van der Waals surface area (Å²) in [7, 11) is 0.248. The first kappa shape index (κ1) is 61.5. The van der Waals surface area contributed by atoms with Gasteiger partial charge >= 0.3 is 35.0 Å². The zero-order chi connectivity index (χ0) is 32.0. The van der Waals surface area contributed by atoms with E-state index in [-0.39, 0.29) is 56.4 Å². The first-order chi connectivity index (χ1) is 19.2. The number of epoxide rings is 1. The fraction of sp³-hybridized carbons (Fsp3) is 1.00. The highest BCUT2D eigenvalue weighted by Gasteiger charge is 2.41. The Bertz CT molecular complexity index is 596. The summed E-state index contributed by atoms with van der Waals surface area (Å²) < 4.78 is 56.4. The Morgan fingerprint density at radius 1 is 0.696 bits per heavy atom. The average molecular weight is 753 g/mol. The fourth-order valence-corrected chi connectivity index (χ4v) is 9.68. The summed E-state index contributed by atoms with van der Waals surface area (Å²) in [5, 5.41) is 17.6. The molecule has 0 saturated carbocycles. The van der Waals surface area contributed by atoms with E-state index in [0.717, 1.165) is 19.1 Å². The fourth-order valence-electron chi connectivity index (χ4n) is 2.83. The quantitative estimate of drug-likeness (QED) is 0.0716. The molecular formula is C27H76O15Si4. The predicted octanol–water partition coefficient (Wildman–Crippen LogP) is 3.38. The first-order valence-electron chi connectivity index (χ1n) is 13.2. The van der Waals surface area contributed by atoms with Crippen LogP contribution in [-0.2, 0) is 49.3 Å². The highest BCUT2D eigenvalue weighted by atomic mass is 28.5. The molecule has 0 aliphatic carbocycles. The highest BCUT2D eigenvalue weighted by Crippen LogP contribution is 2.17. The second-order valence-corrected chi connectivity index (χ2v) is 21.5. The number of aliphatic hydroxyl groups is 2. The van der Waals surface area contributed by atoms with E-state index in [4.69, 9.17) is 59.5 Å². The first-order valence-corrected chi connectivity index (χ1v) is 22.2. The molecule has 46 heavy (non-hydrogen) atoms. The van der Waals surface area contributed by atoms with Crippen LogP contribution in [0.4, 0.5) is 0 Å². The van der Waals surface area contributed by atoms with E-state index >= 15 is 0 Å². The van der Waals surface area contributed by atoms with Crippen LogP contribution in [0, 0.1) is 0 Å². The van der Waals surface area contributed by atoms with Crippen LogP contribution in [0.3, 0.4) is 0 Å². The minimum atomic E-state index is -3.32. The Balaban J connectivity index is -0.0000000995. The van der Waals surface area contributed by atoms with Gasteiger partial charge in [-0.05, 0) is 25.9 Å². The van der Waals surface area contributed by atoms with Crippen LogP contribution < -0.4 is 0 Å². The lowest BCUT2D eigenvalue weighted by atomic mass is 10.4. The zero-order valence-electron chi connectivity index (χ0n) is 26.5. The van der Waals surface area contributed by atoms with Crippen LogP contribution in [0.2, 0.25) is 31.7 Å². The molecule has 3 unspecified atom stereocenters. The molecule has 0 aromatic heterocycles. The van der Waals surface area contributed by atoms with Crippen molar-refractivity contribution in [3.63, 3.8) is 0 Å². The largest absolute Gasteiger partial charge is 0.500 e. The van der Waals surface area contributed by atoms with Gasteiger partial charge in [-0.2, -0.15) is 0 Å². The number of hydrogen-bond acceptors (Lipinski definition) is 15. The summed E-state index contributed by atoms with van der Waals surface area (Å²) >= 11 is 0. The molecule has 0 aromatic carbocycles. The molecule has 1 saturated heterocycles. The van der Waals surface area contributed by atoms with Gasteiger partial charge < -0.3 is 69.1 Å². The number of rotatable bonds is 22. The number of aliphatic hydroxyl groups excluding tert-OH is 2. The summed E-state index contributed by atoms with van der Waals surface area (Å²) in [5.41, 5.74) is 0. The zero-order valence-corrected chi connectivity index (χ0v) is 30.5. The van der Waals surface area contributed by atoms with E-state index in [2.05, 4.69) is 0 Å². The maximum absolute atomic E-state index is 10.0. The van der Waals surface area contributed by atoms with Gasteiger partial charge in [-0.3, -0.25) is 0 Å². The van der Waals surface area contributed by atoms with Gasteiger partial charge in [0.25, 0.3) is 0 Å². The number of hydrogen-bond donors (Lipinski definition) is 4. The van der Waals surface area contributed by atoms with Crippen LogP contribution in [0.25, 0.3) is 0 Å². The Hall–Kier alpha value is 0.268. The second-order valence-electron chi connectivity index (χ2n) is 9.38. The van der Waals surface area contributed by atoms with Gasteiger partial charge in [0.05, 0.1) is 26.4 Å². The summed E-state index contributed by atoms with van der Waals surface area (Å²) in [5.74, 6) is 0. The maximum Gasteiger partial charge on any atom is 0.500 e. The van der Waals surface area contributed by atoms with Gasteiger partial charge in [0.2, 0.25) is 0 Å². The molecule has 1 fully saturated rings. The van der Waals surface area contributed by atoms with Crippen molar-refractivity contribution in [1.82, 2.24) is 0 Å². The minimum absolute atomic E-state index is 0. The molecule has 3 atom stereocenters. The molecule has 0 spiro atoms. The standard InChI is InChI=1S/C9H24O7Si2.C9H20O5Si.C4H12O3Si.5CH4/c1-14-18(13,16-17(2,3)12)6-4-5-15-8-9(11)7-10;1-10-15(11-2,12-3)6-4-5-13-7-9-8-14-9;1-5-8(4,6-2)7-3;;;;;/h9-13H,4-8H2,1-3H3;9H,4-8H2,1-3H3;1-4H3;5*1H4. The van der Waals surface area contributed by atoms with Crippen molar-refractivity contribution in [2.45, 2.75) is 93.9 Å². The van der Waals surface area contributed by atoms with Crippen molar-refractivity contribution in [1.29, 1.82) is 0 Å². The molecule has 4 N–H and O–H groups in total. The molecule has 15 nitrogen and oxygen atoms in total. The third kappa shape index (κ3) is 32.8. The van der Waals surface area contributed by atoms with Crippen LogP contribution >= 0.6 is 0 Å². The molecule has 290 valence electrons. The van der Waals surface area contributed by atoms with Gasteiger partial charge in [0.1, 0.15) is 12.2 Å². The van der Waals surface area contributed by atoms with Crippen molar-refractivity contribution >= 4 is 35.0 Å². The Morgan fingerprint density at radius 2 is 1.13 bits per heavy atom. The van der Waals surface area contributed by atoms with E-state index in [1.165, 1.54) is 7.11 Å².